The molecule has 0 amide bonds. The quantitative estimate of drug-likeness (QED) is 0.575. The van der Waals surface area contributed by atoms with Crippen molar-refractivity contribution >= 4 is 21.8 Å². The van der Waals surface area contributed by atoms with Gasteiger partial charge in [0.05, 0.1) is 6.42 Å². The van der Waals surface area contributed by atoms with Gasteiger partial charge in [0.1, 0.15) is 0 Å². The third-order valence-electron chi connectivity index (χ3n) is 1.52. The van der Waals surface area contributed by atoms with Crippen LogP contribution in [0, 0.1) is 0 Å². The maximum absolute atomic E-state index is 11.8. The summed E-state index contributed by atoms with van der Waals surface area (Å²) in [6.45, 7) is 0. The number of Topliss-reactive ketones (excluding diaryl/α,β-unsaturated/α-hetero) is 1. The Morgan fingerprint density at radius 1 is 1.14 bits per heavy atom. The Kier molecular flexibility index (Phi) is 3.15. The fourth-order valence-corrected chi connectivity index (χ4v) is 2.16. The first-order valence-corrected chi connectivity index (χ1v) is 5.15. The SMILES string of the molecule is O=C(CC(=O)C(F)(F)F)[SH]1C=CC=C1. The molecule has 1 heterocycles. The van der Waals surface area contributed by atoms with Crippen molar-refractivity contribution in [2.75, 3.05) is 0 Å². The van der Waals surface area contributed by atoms with Crippen LogP contribution in [0.5, 0.6) is 0 Å². The van der Waals surface area contributed by atoms with E-state index in [4.69, 9.17) is 0 Å². The van der Waals surface area contributed by atoms with Crippen LogP contribution in [0.4, 0.5) is 13.2 Å². The molecule has 1 rings (SSSR count). The highest BCUT2D eigenvalue weighted by molar-refractivity contribution is 8.34. The zero-order valence-electron chi connectivity index (χ0n) is 6.91. The monoisotopic (exact) mass is 224 g/mol. The maximum Gasteiger partial charge on any atom is 0.450 e. The third kappa shape index (κ3) is 2.73. The number of allylic oxidation sites excluding steroid dienone is 2. The van der Waals surface area contributed by atoms with Crippen LogP contribution in [0.15, 0.2) is 23.0 Å². The van der Waals surface area contributed by atoms with Crippen molar-refractivity contribution < 1.29 is 22.8 Å². The summed E-state index contributed by atoms with van der Waals surface area (Å²) in [7, 11) is -1.31. The molecule has 0 N–H and O–H groups in total. The lowest BCUT2D eigenvalue weighted by atomic mass is 10.3. The molecule has 14 heavy (non-hydrogen) atoms. The first kappa shape index (κ1) is 11.0. The van der Waals surface area contributed by atoms with Crippen molar-refractivity contribution in [3.8, 4) is 0 Å². The number of halogens is 3. The standard InChI is InChI=1S/C8H7F3O2S/c9-8(10,11)6(12)5-7(13)14-3-1-2-4-14/h1-4,14H,5H2. The molecule has 2 nitrogen and oxygen atoms in total. The Morgan fingerprint density at radius 3 is 2.07 bits per heavy atom. The van der Waals surface area contributed by atoms with Crippen molar-refractivity contribution in [3.05, 3.63) is 23.0 Å². The summed E-state index contributed by atoms with van der Waals surface area (Å²) in [5.41, 5.74) is 0. The number of hydrogen-bond acceptors (Lipinski definition) is 2. The van der Waals surface area contributed by atoms with Crippen molar-refractivity contribution in [1.82, 2.24) is 0 Å². The highest BCUT2D eigenvalue weighted by Crippen LogP contribution is 2.35. The van der Waals surface area contributed by atoms with E-state index in [-0.39, 0.29) is 0 Å². The number of carbonyl (C=O) groups is 2. The van der Waals surface area contributed by atoms with Gasteiger partial charge in [-0.15, -0.1) is 0 Å². The van der Waals surface area contributed by atoms with E-state index < -0.39 is 34.4 Å². The maximum atomic E-state index is 11.8. The molecule has 1 aliphatic rings. The number of rotatable bonds is 2. The Hall–Kier alpha value is -1.04. The fourth-order valence-electron chi connectivity index (χ4n) is 0.830. The molecule has 0 spiro atoms. The molecule has 0 saturated heterocycles. The number of thiol groups is 1. The second-order valence-corrected chi connectivity index (χ2v) is 4.49. The molecule has 6 heteroatoms. The summed E-state index contributed by atoms with van der Waals surface area (Å²) in [6.07, 6.45) is -2.79. The van der Waals surface area contributed by atoms with E-state index in [1.807, 2.05) is 0 Å². The molecule has 0 aromatic heterocycles. The molecule has 0 aromatic rings. The van der Waals surface area contributed by atoms with E-state index in [9.17, 15) is 22.8 Å². The van der Waals surface area contributed by atoms with E-state index in [0.717, 1.165) is 0 Å². The lowest BCUT2D eigenvalue weighted by molar-refractivity contribution is -0.171. The predicted octanol–water partition coefficient (Wildman–Crippen LogP) is 2.08. The van der Waals surface area contributed by atoms with Gasteiger partial charge in [0, 0.05) is 0 Å². The highest BCUT2D eigenvalue weighted by Gasteiger charge is 2.39. The van der Waals surface area contributed by atoms with Crippen molar-refractivity contribution in [2.24, 2.45) is 0 Å². The molecule has 0 unspecified atom stereocenters. The number of carbonyl (C=O) groups excluding carboxylic acids is 2. The summed E-state index contributed by atoms with van der Waals surface area (Å²) in [5, 5.41) is 2.37. The van der Waals surface area contributed by atoms with Gasteiger partial charge in [-0.25, -0.2) is 0 Å². The topological polar surface area (TPSA) is 34.1 Å². The van der Waals surface area contributed by atoms with E-state index >= 15 is 0 Å². The minimum absolute atomic E-state index is 0.660. The Morgan fingerprint density at radius 2 is 1.64 bits per heavy atom. The summed E-state index contributed by atoms with van der Waals surface area (Å²) < 4.78 is 35.3. The summed E-state index contributed by atoms with van der Waals surface area (Å²) in [6, 6.07) is 0. The molecular formula is C8H7F3O2S. The Labute approximate surface area is 80.8 Å². The molecule has 0 atom stereocenters. The zero-order valence-corrected chi connectivity index (χ0v) is 7.81. The molecule has 0 fully saturated rings. The zero-order chi connectivity index (χ0) is 10.8. The first-order valence-electron chi connectivity index (χ1n) is 3.67. The van der Waals surface area contributed by atoms with Crippen LogP contribution in [-0.4, -0.2) is 17.1 Å². The summed E-state index contributed by atoms with van der Waals surface area (Å²) >= 11 is 0. The molecule has 0 saturated carbocycles. The van der Waals surface area contributed by atoms with Gasteiger partial charge in [-0.2, -0.15) is 24.1 Å². The lowest BCUT2D eigenvalue weighted by Crippen LogP contribution is -2.24. The van der Waals surface area contributed by atoms with Crippen LogP contribution >= 0.6 is 10.9 Å². The Balaban J connectivity index is 2.53. The van der Waals surface area contributed by atoms with Crippen LogP contribution in [0.25, 0.3) is 0 Å². The van der Waals surface area contributed by atoms with E-state index in [0.29, 0.717) is 0 Å². The summed E-state index contributed by atoms with van der Waals surface area (Å²) in [5.74, 6) is -1.97. The molecule has 1 aliphatic heterocycles. The van der Waals surface area contributed by atoms with Crippen molar-refractivity contribution in [3.63, 3.8) is 0 Å². The van der Waals surface area contributed by atoms with Gasteiger partial charge in [0.25, 0.3) is 0 Å². The van der Waals surface area contributed by atoms with Gasteiger partial charge in [-0.1, -0.05) is 12.2 Å². The molecule has 0 radical (unpaired) electrons. The predicted molar refractivity (Wildman–Crippen MR) is 48.0 cm³/mol. The Bertz CT molecular complexity index is 305. The van der Waals surface area contributed by atoms with Gasteiger partial charge >= 0.3 is 6.18 Å². The molecule has 0 bridgehead atoms. The fraction of sp³-hybridized carbons (Fsp3) is 0.250. The van der Waals surface area contributed by atoms with Crippen molar-refractivity contribution in [1.29, 1.82) is 0 Å². The second-order valence-electron chi connectivity index (χ2n) is 2.58. The molecular weight excluding hydrogens is 217 g/mol. The molecule has 0 aromatic carbocycles. The van der Waals surface area contributed by atoms with Gasteiger partial charge < -0.3 is 0 Å². The minimum atomic E-state index is -4.90. The van der Waals surface area contributed by atoms with Gasteiger partial charge in [-0.05, 0) is 10.8 Å². The average Bonchev–Trinajstić information content (AvgIpc) is 2.53. The molecule has 78 valence electrons. The van der Waals surface area contributed by atoms with Crippen LogP contribution in [0.2, 0.25) is 0 Å². The largest absolute Gasteiger partial charge is 0.450 e. The van der Waals surface area contributed by atoms with Gasteiger partial charge in [0.15, 0.2) is 5.12 Å². The average molecular weight is 224 g/mol. The minimum Gasteiger partial charge on any atom is -0.289 e. The number of alkyl halides is 3. The number of ketones is 1. The highest BCUT2D eigenvalue weighted by atomic mass is 32.2. The van der Waals surface area contributed by atoms with Crippen molar-refractivity contribution in [2.45, 2.75) is 12.6 Å². The van der Waals surface area contributed by atoms with E-state index in [1.54, 1.807) is 12.2 Å². The van der Waals surface area contributed by atoms with Gasteiger partial charge in [-0.3, -0.25) is 9.59 Å². The first-order chi connectivity index (χ1) is 6.41. The van der Waals surface area contributed by atoms with E-state index in [1.165, 1.54) is 10.8 Å². The third-order valence-corrected chi connectivity index (χ3v) is 3.24. The van der Waals surface area contributed by atoms with Crippen LogP contribution in [0.3, 0.4) is 0 Å². The lowest BCUT2D eigenvalue weighted by Gasteiger charge is -2.08. The summed E-state index contributed by atoms with van der Waals surface area (Å²) in [4.78, 5) is 21.6. The van der Waals surface area contributed by atoms with Gasteiger partial charge in [0.2, 0.25) is 5.78 Å². The number of hydrogen-bond donors (Lipinski definition) is 1. The van der Waals surface area contributed by atoms with Crippen LogP contribution < -0.4 is 0 Å². The molecule has 0 aliphatic carbocycles. The smallest absolute Gasteiger partial charge is 0.289 e. The normalized spacial score (nSPS) is 17.5. The van der Waals surface area contributed by atoms with Crippen LogP contribution in [-0.2, 0) is 9.59 Å². The van der Waals surface area contributed by atoms with Crippen LogP contribution in [0.1, 0.15) is 6.42 Å². The van der Waals surface area contributed by atoms with E-state index in [2.05, 4.69) is 0 Å². The second kappa shape index (κ2) is 4.00.